The molecule has 100 valence electrons. The Bertz CT molecular complexity index is 213. The quantitative estimate of drug-likeness (QED) is 0.716. The van der Waals surface area contributed by atoms with Gasteiger partial charge in [0.15, 0.2) is 0 Å². The van der Waals surface area contributed by atoms with Crippen molar-refractivity contribution in [3.63, 3.8) is 0 Å². The summed E-state index contributed by atoms with van der Waals surface area (Å²) < 4.78 is 0. The van der Waals surface area contributed by atoms with Crippen molar-refractivity contribution in [1.29, 1.82) is 0 Å². The molecule has 2 saturated carbocycles. The molecular weight excluding hydrogens is 208 g/mol. The normalized spacial score (nSPS) is 30.5. The Labute approximate surface area is 107 Å². The van der Waals surface area contributed by atoms with Crippen LogP contribution in [0.5, 0.6) is 0 Å². The van der Waals surface area contributed by atoms with Gasteiger partial charge in [-0.1, -0.05) is 26.2 Å². The molecule has 2 rings (SSSR count). The molecule has 1 N–H and O–H groups in total. The van der Waals surface area contributed by atoms with Crippen LogP contribution in [0.3, 0.4) is 0 Å². The second-order valence-electron chi connectivity index (χ2n) is 6.13. The lowest BCUT2D eigenvalue weighted by Gasteiger charge is -2.30. The van der Waals surface area contributed by atoms with Crippen LogP contribution >= 0.6 is 0 Å². The minimum atomic E-state index is 0.790. The average molecular weight is 238 g/mol. The minimum absolute atomic E-state index is 0.790. The van der Waals surface area contributed by atoms with Crippen LogP contribution in [0.15, 0.2) is 0 Å². The maximum absolute atomic E-state index is 3.80. The Kier molecular flexibility index (Phi) is 5.30. The minimum Gasteiger partial charge on any atom is -0.314 e. The summed E-state index contributed by atoms with van der Waals surface area (Å²) >= 11 is 0. The second kappa shape index (κ2) is 6.75. The third-order valence-electron chi connectivity index (χ3n) is 4.51. The summed E-state index contributed by atoms with van der Waals surface area (Å²) in [6.45, 7) is 4.80. The fraction of sp³-hybridized carbons (Fsp3) is 1.00. The molecule has 2 atom stereocenters. The highest BCUT2D eigenvalue weighted by atomic mass is 15.2. The van der Waals surface area contributed by atoms with Crippen LogP contribution in [0.25, 0.3) is 0 Å². The summed E-state index contributed by atoms with van der Waals surface area (Å²) in [5.41, 5.74) is 0. The Morgan fingerprint density at radius 1 is 1.06 bits per heavy atom. The summed E-state index contributed by atoms with van der Waals surface area (Å²) in [6.07, 6.45) is 11.3. The lowest BCUT2D eigenvalue weighted by Crippen LogP contribution is -2.41. The number of nitrogens with zero attached hydrogens (tertiary/aromatic N) is 1. The molecular formula is C15H30N2. The molecule has 0 aromatic heterocycles. The molecule has 0 spiro atoms. The predicted octanol–water partition coefficient (Wildman–Crippen LogP) is 3.03. The van der Waals surface area contributed by atoms with Gasteiger partial charge in [-0.05, 0) is 51.6 Å². The molecule has 2 fully saturated rings. The van der Waals surface area contributed by atoms with Crippen molar-refractivity contribution in [2.45, 2.75) is 70.4 Å². The van der Waals surface area contributed by atoms with E-state index in [0.717, 1.165) is 18.0 Å². The molecule has 0 amide bonds. The molecule has 0 aromatic rings. The van der Waals surface area contributed by atoms with Crippen LogP contribution in [0.4, 0.5) is 0 Å². The van der Waals surface area contributed by atoms with Gasteiger partial charge < -0.3 is 10.2 Å². The zero-order chi connectivity index (χ0) is 12.1. The van der Waals surface area contributed by atoms with Gasteiger partial charge in [0.2, 0.25) is 0 Å². The standard InChI is InChI=1S/C15H30N2/c1-3-11-16-15-8-6-4-5-7-13(15)12-17(2)14-9-10-14/h13-16H,3-12H2,1-2H3. The van der Waals surface area contributed by atoms with Crippen molar-refractivity contribution < 1.29 is 0 Å². The number of nitrogens with one attached hydrogen (secondary N) is 1. The second-order valence-corrected chi connectivity index (χ2v) is 6.13. The molecule has 0 aromatic carbocycles. The zero-order valence-corrected chi connectivity index (χ0v) is 11.8. The van der Waals surface area contributed by atoms with E-state index in [1.54, 1.807) is 0 Å². The monoisotopic (exact) mass is 238 g/mol. The molecule has 0 heterocycles. The first kappa shape index (κ1) is 13.4. The number of hydrogen-bond donors (Lipinski definition) is 1. The molecule has 17 heavy (non-hydrogen) atoms. The van der Waals surface area contributed by atoms with Crippen molar-refractivity contribution in [2.24, 2.45) is 5.92 Å². The first-order chi connectivity index (χ1) is 8.31. The molecule has 2 unspecified atom stereocenters. The molecule has 2 heteroatoms. The maximum atomic E-state index is 3.80. The summed E-state index contributed by atoms with van der Waals surface area (Å²) in [4.78, 5) is 2.62. The SMILES string of the molecule is CCCNC1CCCCCC1CN(C)C1CC1. The zero-order valence-electron chi connectivity index (χ0n) is 11.8. The highest BCUT2D eigenvalue weighted by Gasteiger charge is 2.30. The van der Waals surface area contributed by atoms with E-state index in [2.05, 4.69) is 24.2 Å². The maximum Gasteiger partial charge on any atom is 0.0107 e. The number of rotatable bonds is 6. The lowest BCUT2D eigenvalue weighted by atomic mass is 9.94. The Balaban J connectivity index is 1.83. The fourth-order valence-corrected chi connectivity index (χ4v) is 3.24. The smallest absolute Gasteiger partial charge is 0.0107 e. The predicted molar refractivity (Wildman–Crippen MR) is 74.3 cm³/mol. The third kappa shape index (κ3) is 4.26. The Morgan fingerprint density at radius 3 is 2.53 bits per heavy atom. The fourth-order valence-electron chi connectivity index (χ4n) is 3.24. The van der Waals surface area contributed by atoms with Crippen molar-refractivity contribution in [1.82, 2.24) is 10.2 Å². The molecule has 0 saturated heterocycles. The number of hydrogen-bond acceptors (Lipinski definition) is 2. The van der Waals surface area contributed by atoms with Crippen molar-refractivity contribution in [3.05, 3.63) is 0 Å². The molecule has 2 nitrogen and oxygen atoms in total. The summed E-state index contributed by atoms with van der Waals surface area (Å²) in [5, 5.41) is 3.80. The molecule has 0 aliphatic heterocycles. The van der Waals surface area contributed by atoms with Gasteiger partial charge in [-0.2, -0.15) is 0 Å². The van der Waals surface area contributed by atoms with E-state index in [-0.39, 0.29) is 0 Å². The topological polar surface area (TPSA) is 15.3 Å². The van der Waals surface area contributed by atoms with E-state index in [4.69, 9.17) is 0 Å². The van der Waals surface area contributed by atoms with Crippen LogP contribution in [-0.2, 0) is 0 Å². The van der Waals surface area contributed by atoms with Crippen LogP contribution < -0.4 is 5.32 Å². The van der Waals surface area contributed by atoms with E-state index < -0.39 is 0 Å². The van der Waals surface area contributed by atoms with Gasteiger partial charge in [0.1, 0.15) is 0 Å². The largest absolute Gasteiger partial charge is 0.314 e. The Morgan fingerprint density at radius 2 is 1.82 bits per heavy atom. The van der Waals surface area contributed by atoms with Gasteiger partial charge in [-0.15, -0.1) is 0 Å². The van der Waals surface area contributed by atoms with Gasteiger partial charge in [-0.25, -0.2) is 0 Å². The van der Waals surface area contributed by atoms with Crippen molar-refractivity contribution >= 4 is 0 Å². The Hall–Kier alpha value is -0.0800. The van der Waals surface area contributed by atoms with E-state index >= 15 is 0 Å². The van der Waals surface area contributed by atoms with Gasteiger partial charge in [0, 0.05) is 18.6 Å². The highest BCUT2D eigenvalue weighted by molar-refractivity contribution is 4.87. The van der Waals surface area contributed by atoms with Crippen LogP contribution in [-0.4, -0.2) is 37.1 Å². The van der Waals surface area contributed by atoms with E-state index in [1.165, 1.54) is 64.5 Å². The van der Waals surface area contributed by atoms with Gasteiger partial charge in [-0.3, -0.25) is 0 Å². The van der Waals surface area contributed by atoms with Crippen LogP contribution in [0, 0.1) is 5.92 Å². The summed E-state index contributed by atoms with van der Waals surface area (Å²) in [6, 6.07) is 1.71. The van der Waals surface area contributed by atoms with Gasteiger partial charge >= 0.3 is 0 Å². The first-order valence-electron chi connectivity index (χ1n) is 7.75. The summed E-state index contributed by atoms with van der Waals surface area (Å²) in [5.74, 6) is 0.898. The molecule has 0 bridgehead atoms. The third-order valence-corrected chi connectivity index (χ3v) is 4.51. The first-order valence-corrected chi connectivity index (χ1v) is 7.75. The van der Waals surface area contributed by atoms with Crippen LogP contribution in [0.2, 0.25) is 0 Å². The van der Waals surface area contributed by atoms with Crippen LogP contribution in [0.1, 0.15) is 58.3 Å². The van der Waals surface area contributed by atoms with E-state index in [9.17, 15) is 0 Å². The van der Waals surface area contributed by atoms with Gasteiger partial charge in [0.25, 0.3) is 0 Å². The highest BCUT2D eigenvalue weighted by Crippen LogP contribution is 2.29. The average Bonchev–Trinajstić information content (AvgIpc) is 3.14. The van der Waals surface area contributed by atoms with E-state index in [0.29, 0.717) is 0 Å². The van der Waals surface area contributed by atoms with Gasteiger partial charge in [0.05, 0.1) is 0 Å². The summed E-state index contributed by atoms with van der Waals surface area (Å²) in [7, 11) is 2.33. The lowest BCUT2D eigenvalue weighted by molar-refractivity contribution is 0.218. The molecule has 2 aliphatic carbocycles. The molecule has 2 aliphatic rings. The van der Waals surface area contributed by atoms with Crippen molar-refractivity contribution in [3.8, 4) is 0 Å². The van der Waals surface area contributed by atoms with Crippen molar-refractivity contribution in [2.75, 3.05) is 20.1 Å². The van der Waals surface area contributed by atoms with E-state index in [1.807, 2.05) is 0 Å². The molecule has 0 radical (unpaired) electrons.